The van der Waals surface area contributed by atoms with E-state index >= 15 is 0 Å². The van der Waals surface area contributed by atoms with Gasteiger partial charge in [-0.05, 0) is 32.6 Å². The second-order valence-corrected chi connectivity index (χ2v) is 6.61. The van der Waals surface area contributed by atoms with Crippen molar-refractivity contribution in [1.29, 1.82) is 0 Å². The standard InChI is InChI=1S/C17H29N3O4/c1-3-24-17(23)19-10-8-14(9-11-19)18-16(22)12-20(13(2)21)15-6-4-5-7-15/h14-15H,3-12H2,1-2H3,(H,18,22). The summed E-state index contributed by atoms with van der Waals surface area (Å²) >= 11 is 0. The highest BCUT2D eigenvalue weighted by molar-refractivity contribution is 5.84. The van der Waals surface area contributed by atoms with Crippen molar-refractivity contribution in [2.24, 2.45) is 0 Å². The van der Waals surface area contributed by atoms with Crippen LogP contribution < -0.4 is 5.32 Å². The second-order valence-electron chi connectivity index (χ2n) is 6.61. The molecule has 7 heteroatoms. The Morgan fingerprint density at radius 2 is 1.75 bits per heavy atom. The first kappa shape index (κ1) is 18.5. The van der Waals surface area contributed by atoms with Crippen LogP contribution in [-0.2, 0) is 14.3 Å². The van der Waals surface area contributed by atoms with Gasteiger partial charge in [0.15, 0.2) is 0 Å². The lowest BCUT2D eigenvalue weighted by molar-refractivity contribution is -0.136. The minimum atomic E-state index is -0.286. The van der Waals surface area contributed by atoms with Crippen LogP contribution in [0, 0.1) is 0 Å². The van der Waals surface area contributed by atoms with E-state index in [0.29, 0.717) is 32.5 Å². The Morgan fingerprint density at radius 1 is 1.12 bits per heavy atom. The number of likely N-dealkylation sites (tertiary alicyclic amines) is 1. The van der Waals surface area contributed by atoms with Crippen molar-refractivity contribution in [3.8, 4) is 0 Å². The van der Waals surface area contributed by atoms with Gasteiger partial charge in [-0.2, -0.15) is 0 Å². The zero-order valence-corrected chi connectivity index (χ0v) is 14.8. The summed E-state index contributed by atoms with van der Waals surface area (Å²) in [5.74, 6) is -0.138. The molecule has 0 aromatic rings. The summed E-state index contributed by atoms with van der Waals surface area (Å²) in [6.07, 6.45) is 5.38. The van der Waals surface area contributed by atoms with Gasteiger partial charge >= 0.3 is 6.09 Å². The Balaban J connectivity index is 1.76. The quantitative estimate of drug-likeness (QED) is 0.823. The first-order valence-electron chi connectivity index (χ1n) is 8.99. The van der Waals surface area contributed by atoms with Gasteiger partial charge in [-0.3, -0.25) is 9.59 Å². The Kier molecular flexibility index (Phi) is 6.87. The van der Waals surface area contributed by atoms with Gasteiger partial charge in [-0.15, -0.1) is 0 Å². The number of carbonyl (C=O) groups is 3. The Hall–Kier alpha value is -1.79. The highest BCUT2D eigenvalue weighted by atomic mass is 16.6. The molecule has 2 aliphatic rings. The Morgan fingerprint density at radius 3 is 2.29 bits per heavy atom. The van der Waals surface area contributed by atoms with Gasteiger partial charge in [0.05, 0.1) is 13.2 Å². The van der Waals surface area contributed by atoms with E-state index in [1.807, 2.05) is 0 Å². The number of amides is 3. The molecular weight excluding hydrogens is 310 g/mol. The smallest absolute Gasteiger partial charge is 0.409 e. The van der Waals surface area contributed by atoms with Crippen molar-refractivity contribution < 1.29 is 19.1 Å². The molecule has 0 atom stereocenters. The van der Waals surface area contributed by atoms with Crippen LogP contribution >= 0.6 is 0 Å². The first-order chi connectivity index (χ1) is 11.5. The normalized spacial score (nSPS) is 19.2. The third-order valence-corrected chi connectivity index (χ3v) is 4.87. The van der Waals surface area contributed by atoms with E-state index < -0.39 is 0 Å². The molecule has 0 unspecified atom stereocenters. The van der Waals surface area contributed by atoms with Gasteiger partial charge in [-0.1, -0.05) is 12.8 Å². The lowest BCUT2D eigenvalue weighted by atomic mass is 10.1. The third kappa shape index (κ3) is 5.11. The number of nitrogens with one attached hydrogen (secondary N) is 1. The van der Waals surface area contributed by atoms with E-state index in [0.717, 1.165) is 25.7 Å². The van der Waals surface area contributed by atoms with Crippen LogP contribution in [0.4, 0.5) is 4.79 Å². The summed E-state index contributed by atoms with van der Waals surface area (Å²) in [7, 11) is 0. The van der Waals surface area contributed by atoms with Crippen LogP contribution in [0.2, 0.25) is 0 Å². The van der Waals surface area contributed by atoms with E-state index in [2.05, 4.69) is 5.32 Å². The number of ether oxygens (including phenoxy) is 1. The molecule has 1 heterocycles. The van der Waals surface area contributed by atoms with E-state index in [-0.39, 0.29) is 36.5 Å². The average molecular weight is 339 g/mol. The molecule has 1 aliphatic heterocycles. The molecule has 3 amide bonds. The van der Waals surface area contributed by atoms with Gasteiger partial charge < -0.3 is 19.9 Å². The number of carbonyl (C=O) groups excluding carboxylic acids is 3. The summed E-state index contributed by atoms with van der Waals surface area (Å²) in [5, 5.41) is 3.01. The number of hydrogen-bond acceptors (Lipinski definition) is 4. The summed E-state index contributed by atoms with van der Waals surface area (Å²) in [6.45, 7) is 5.00. The molecule has 0 aromatic carbocycles. The molecule has 0 radical (unpaired) electrons. The number of hydrogen-bond donors (Lipinski definition) is 1. The number of rotatable bonds is 5. The van der Waals surface area contributed by atoms with E-state index in [1.165, 1.54) is 6.92 Å². The maximum absolute atomic E-state index is 12.3. The van der Waals surface area contributed by atoms with Gasteiger partial charge in [0.1, 0.15) is 0 Å². The maximum atomic E-state index is 12.3. The lowest BCUT2D eigenvalue weighted by Crippen LogP contribution is -2.50. The summed E-state index contributed by atoms with van der Waals surface area (Å²) < 4.78 is 4.99. The molecule has 1 saturated heterocycles. The summed E-state index contributed by atoms with van der Waals surface area (Å²) in [4.78, 5) is 39.2. The van der Waals surface area contributed by atoms with Crippen molar-refractivity contribution >= 4 is 17.9 Å². The van der Waals surface area contributed by atoms with Crippen LogP contribution in [0.5, 0.6) is 0 Å². The van der Waals surface area contributed by atoms with Crippen molar-refractivity contribution in [3.63, 3.8) is 0 Å². The predicted molar refractivity (Wildman–Crippen MR) is 89.4 cm³/mol. The minimum absolute atomic E-state index is 0.0332. The Bertz CT molecular complexity index is 455. The summed E-state index contributed by atoms with van der Waals surface area (Å²) in [5.41, 5.74) is 0. The molecule has 136 valence electrons. The fourth-order valence-corrected chi connectivity index (χ4v) is 3.56. The molecule has 0 bridgehead atoms. The molecule has 2 rings (SSSR count). The summed E-state index contributed by atoms with van der Waals surface area (Å²) in [6, 6.07) is 0.263. The topological polar surface area (TPSA) is 79.0 Å². The largest absolute Gasteiger partial charge is 0.450 e. The van der Waals surface area contributed by atoms with Gasteiger partial charge in [0.25, 0.3) is 0 Å². The highest BCUT2D eigenvalue weighted by Gasteiger charge is 2.28. The average Bonchev–Trinajstić information content (AvgIpc) is 3.07. The molecule has 1 aliphatic carbocycles. The van der Waals surface area contributed by atoms with Crippen molar-refractivity contribution in [2.45, 2.75) is 64.5 Å². The number of piperidine rings is 1. The van der Waals surface area contributed by atoms with E-state index in [4.69, 9.17) is 4.74 Å². The molecule has 1 saturated carbocycles. The molecule has 2 fully saturated rings. The fourth-order valence-electron chi connectivity index (χ4n) is 3.56. The molecule has 1 N–H and O–H groups in total. The van der Waals surface area contributed by atoms with Crippen LogP contribution in [-0.4, -0.2) is 66.0 Å². The van der Waals surface area contributed by atoms with Crippen molar-refractivity contribution in [2.75, 3.05) is 26.2 Å². The monoisotopic (exact) mass is 339 g/mol. The molecule has 0 spiro atoms. The highest BCUT2D eigenvalue weighted by Crippen LogP contribution is 2.23. The fraction of sp³-hybridized carbons (Fsp3) is 0.824. The van der Waals surface area contributed by atoms with Gasteiger partial charge in [0, 0.05) is 32.1 Å². The van der Waals surface area contributed by atoms with Crippen LogP contribution in [0.3, 0.4) is 0 Å². The molecule has 24 heavy (non-hydrogen) atoms. The predicted octanol–water partition coefficient (Wildman–Crippen LogP) is 1.51. The zero-order chi connectivity index (χ0) is 17.5. The molecule has 7 nitrogen and oxygen atoms in total. The number of nitrogens with zero attached hydrogens (tertiary/aromatic N) is 2. The molecular formula is C17H29N3O4. The third-order valence-electron chi connectivity index (χ3n) is 4.87. The van der Waals surface area contributed by atoms with Crippen molar-refractivity contribution in [3.05, 3.63) is 0 Å². The maximum Gasteiger partial charge on any atom is 0.409 e. The molecule has 0 aromatic heterocycles. The first-order valence-corrected chi connectivity index (χ1v) is 8.99. The Labute approximate surface area is 143 Å². The SMILES string of the molecule is CCOC(=O)N1CCC(NC(=O)CN(C(C)=O)C2CCCC2)CC1. The van der Waals surface area contributed by atoms with Crippen LogP contribution in [0.15, 0.2) is 0 Å². The van der Waals surface area contributed by atoms with Crippen LogP contribution in [0.1, 0.15) is 52.4 Å². The van der Waals surface area contributed by atoms with E-state index in [1.54, 1.807) is 16.7 Å². The zero-order valence-electron chi connectivity index (χ0n) is 14.8. The van der Waals surface area contributed by atoms with Crippen molar-refractivity contribution in [1.82, 2.24) is 15.1 Å². The van der Waals surface area contributed by atoms with Gasteiger partial charge in [-0.25, -0.2) is 4.79 Å². The minimum Gasteiger partial charge on any atom is -0.450 e. The van der Waals surface area contributed by atoms with Gasteiger partial charge in [0.2, 0.25) is 11.8 Å². The lowest BCUT2D eigenvalue weighted by Gasteiger charge is -2.33. The van der Waals surface area contributed by atoms with E-state index in [9.17, 15) is 14.4 Å². The second kappa shape index (κ2) is 8.89. The van der Waals surface area contributed by atoms with Crippen LogP contribution in [0.25, 0.3) is 0 Å².